The fourth-order valence-electron chi connectivity index (χ4n) is 1.72. The zero-order valence-electron chi connectivity index (χ0n) is 9.61. The van der Waals surface area contributed by atoms with Gasteiger partial charge in [-0.3, -0.25) is 9.89 Å². The van der Waals surface area contributed by atoms with Crippen LogP contribution in [0.5, 0.6) is 0 Å². The number of rotatable bonds is 2. The predicted octanol–water partition coefficient (Wildman–Crippen LogP) is 1.13. The number of aryl methyl sites for hydroxylation is 2. The minimum atomic E-state index is -0.0295. The second-order valence-corrected chi connectivity index (χ2v) is 3.73. The van der Waals surface area contributed by atoms with Gasteiger partial charge in [0.2, 0.25) is 0 Å². The molecule has 2 aromatic heterocycles. The molecule has 0 saturated carbocycles. The lowest BCUT2D eigenvalue weighted by Gasteiger charge is -2.00. The molecule has 0 saturated heterocycles. The van der Waals surface area contributed by atoms with E-state index in [0.29, 0.717) is 5.82 Å². The van der Waals surface area contributed by atoms with Crippen LogP contribution in [0.4, 0.5) is 0 Å². The molecule has 0 radical (unpaired) electrons. The van der Waals surface area contributed by atoms with Crippen molar-refractivity contribution in [2.24, 2.45) is 0 Å². The summed E-state index contributed by atoms with van der Waals surface area (Å²) in [5.41, 5.74) is 2.50. The number of H-pyrrole nitrogens is 1. The van der Waals surface area contributed by atoms with Crippen molar-refractivity contribution in [3.05, 3.63) is 39.7 Å². The Bertz CT molecular complexity index is 568. The van der Waals surface area contributed by atoms with E-state index in [0.717, 1.165) is 23.4 Å². The van der Waals surface area contributed by atoms with Crippen LogP contribution in [-0.2, 0) is 6.42 Å². The third-order valence-corrected chi connectivity index (χ3v) is 2.57. The lowest BCUT2D eigenvalue weighted by molar-refractivity contribution is 0.797. The Kier molecular flexibility index (Phi) is 2.60. The van der Waals surface area contributed by atoms with Crippen LogP contribution in [0.1, 0.15) is 23.9 Å². The Balaban J connectivity index is 2.61. The van der Waals surface area contributed by atoms with Crippen molar-refractivity contribution < 1.29 is 0 Å². The molecule has 0 aromatic carbocycles. The van der Waals surface area contributed by atoms with Crippen molar-refractivity contribution in [1.82, 2.24) is 19.7 Å². The van der Waals surface area contributed by atoms with Crippen LogP contribution in [0.3, 0.4) is 0 Å². The minimum Gasteiger partial charge on any atom is -0.294 e. The third-order valence-electron chi connectivity index (χ3n) is 2.57. The van der Waals surface area contributed by atoms with E-state index >= 15 is 0 Å². The number of nitrogens with zero attached hydrogens (tertiary/aromatic N) is 3. The van der Waals surface area contributed by atoms with Crippen molar-refractivity contribution in [3.63, 3.8) is 0 Å². The van der Waals surface area contributed by atoms with E-state index in [4.69, 9.17) is 0 Å². The highest BCUT2D eigenvalue weighted by Gasteiger charge is 2.11. The molecule has 2 rings (SSSR count). The Morgan fingerprint density at radius 3 is 2.69 bits per heavy atom. The molecule has 16 heavy (non-hydrogen) atoms. The summed E-state index contributed by atoms with van der Waals surface area (Å²) in [6.07, 6.45) is 2.18. The molecule has 0 bridgehead atoms. The van der Waals surface area contributed by atoms with Gasteiger partial charge in [0.05, 0.1) is 0 Å². The highest BCUT2D eigenvalue weighted by Crippen LogP contribution is 2.05. The summed E-state index contributed by atoms with van der Waals surface area (Å²) in [6, 6.07) is 1.77. The monoisotopic (exact) mass is 218 g/mol. The zero-order valence-corrected chi connectivity index (χ0v) is 9.61. The van der Waals surface area contributed by atoms with Gasteiger partial charge in [-0.05, 0) is 20.3 Å². The van der Waals surface area contributed by atoms with Crippen molar-refractivity contribution in [2.75, 3.05) is 0 Å². The lowest BCUT2D eigenvalue weighted by atomic mass is 10.2. The molecule has 0 aliphatic rings. The fourth-order valence-corrected chi connectivity index (χ4v) is 1.72. The molecule has 0 aliphatic carbocycles. The minimum absolute atomic E-state index is 0.0295. The van der Waals surface area contributed by atoms with Gasteiger partial charge in [-0.1, -0.05) is 6.92 Å². The predicted molar refractivity (Wildman–Crippen MR) is 60.8 cm³/mol. The first kappa shape index (κ1) is 10.6. The van der Waals surface area contributed by atoms with Crippen LogP contribution in [0.15, 0.2) is 17.2 Å². The molecule has 0 amide bonds. The summed E-state index contributed by atoms with van der Waals surface area (Å²) >= 11 is 0. The van der Waals surface area contributed by atoms with Crippen LogP contribution < -0.4 is 5.56 Å². The van der Waals surface area contributed by atoms with Crippen LogP contribution in [0, 0.1) is 13.8 Å². The molecule has 5 heteroatoms. The summed E-state index contributed by atoms with van der Waals surface area (Å²) in [7, 11) is 0. The molecule has 0 spiro atoms. The molecular weight excluding hydrogens is 204 g/mol. The first-order valence-electron chi connectivity index (χ1n) is 5.23. The van der Waals surface area contributed by atoms with E-state index in [2.05, 4.69) is 15.1 Å². The SMILES string of the molecule is CCc1c(C)[nH]n(-c2cc(C)ncn2)c1=O. The van der Waals surface area contributed by atoms with E-state index in [1.165, 1.54) is 11.0 Å². The molecule has 0 atom stereocenters. The number of aromatic nitrogens is 4. The topological polar surface area (TPSA) is 63.6 Å². The summed E-state index contributed by atoms with van der Waals surface area (Å²) in [5, 5.41) is 3.02. The van der Waals surface area contributed by atoms with Gasteiger partial charge in [-0.25, -0.2) is 14.6 Å². The first-order chi connectivity index (χ1) is 7.63. The summed E-state index contributed by atoms with van der Waals surface area (Å²) in [4.78, 5) is 20.1. The van der Waals surface area contributed by atoms with Gasteiger partial charge in [0, 0.05) is 23.0 Å². The van der Waals surface area contributed by atoms with Crippen LogP contribution in [-0.4, -0.2) is 19.7 Å². The quantitative estimate of drug-likeness (QED) is 0.822. The van der Waals surface area contributed by atoms with Gasteiger partial charge in [-0.2, -0.15) is 0 Å². The van der Waals surface area contributed by atoms with Crippen LogP contribution >= 0.6 is 0 Å². The zero-order chi connectivity index (χ0) is 11.7. The molecule has 5 nitrogen and oxygen atoms in total. The van der Waals surface area contributed by atoms with Crippen molar-refractivity contribution in [3.8, 4) is 5.82 Å². The van der Waals surface area contributed by atoms with Gasteiger partial charge < -0.3 is 0 Å². The van der Waals surface area contributed by atoms with Crippen molar-refractivity contribution in [2.45, 2.75) is 27.2 Å². The molecule has 84 valence electrons. The average molecular weight is 218 g/mol. The average Bonchev–Trinajstić information content (AvgIpc) is 2.54. The van der Waals surface area contributed by atoms with E-state index in [1.54, 1.807) is 6.07 Å². The number of hydrogen-bond acceptors (Lipinski definition) is 3. The standard InChI is InChI=1S/C11H14N4O/c1-4-9-8(3)14-15(11(9)16)10-5-7(2)12-6-13-10/h5-6,14H,4H2,1-3H3. The number of hydrogen-bond donors (Lipinski definition) is 1. The normalized spacial score (nSPS) is 10.7. The number of nitrogens with one attached hydrogen (secondary N) is 1. The smallest absolute Gasteiger partial charge is 0.276 e. The van der Waals surface area contributed by atoms with Gasteiger partial charge in [0.25, 0.3) is 5.56 Å². The number of aromatic amines is 1. The van der Waals surface area contributed by atoms with Gasteiger partial charge in [0.1, 0.15) is 6.33 Å². The van der Waals surface area contributed by atoms with E-state index in [9.17, 15) is 4.79 Å². The highest BCUT2D eigenvalue weighted by atomic mass is 16.1. The second-order valence-electron chi connectivity index (χ2n) is 3.73. The fraction of sp³-hybridized carbons (Fsp3) is 0.364. The Morgan fingerprint density at radius 1 is 1.38 bits per heavy atom. The van der Waals surface area contributed by atoms with E-state index in [1.807, 2.05) is 20.8 Å². The van der Waals surface area contributed by atoms with Crippen molar-refractivity contribution in [1.29, 1.82) is 0 Å². The Labute approximate surface area is 93.2 Å². The molecule has 0 unspecified atom stereocenters. The molecule has 2 heterocycles. The Hall–Kier alpha value is -1.91. The third kappa shape index (κ3) is 1.64. The molecular formula is C11H14N4O. The molecule has 0 aliphatic heterocycles. The van der Waals surface area contributed by atoms with Gasteiger partial charge in [-0.15, -0.1) is 0 Å². The second kappa shape index (κ2) is 3.92. The molecule has 0 fully saturated rings. The van der Waals surface area contributed by atoms with Gasteiger partial charge in [0.15, 0.2) is 5.82 Å². The first-order valence-corrected chi connectivity index (χ1v) is 5.23. The lowest BCUT2D eigenvalue weighted by Crippen LogP contribution is -2.18. The van der Waals surface area contributed by atoms with E-state index in [-0.39, 0.29) is 5.56 Å². The Morgan fingerprint density at radius 2 is 2.12 bits per heavy atom. The summed E-state index contributed by atoms with van der Waals surface area (Å²) in [5.74, 6) is 0.584. The van der Waals surface area contributed by atoms with Crippen LogP contribution in [0.2, 0.25) is 0 Å². The maximum absolute atomic E-state index is 12.0. The maximum atomic E-state index is 12.0. The molecule has 2 aromatic rings. The van der Waals surface area contributed by atoms with Crippen LogP contribution in [0.25, 0.3) is 5.82 Å². The highest BCUT2D eigenvalue weighted by molar-refractivity contribution is 5.26. The van der Waals surface area contributed by atoms with Crippen molar-refractivity contribution >= 4 is 0 Å². The summed E-state index contributed by atoms with van der Waals surface area (Å²) < 4.78 is 1.46. The maximum Gasteiger partial charge on any atom is 0.276 e. The van der Waals surface area contributed by atoms with E-state index < -0.39 is 0 Å². The summed E-state index contributed by atoms with van der Waals surface area (Å²) in [6.45, 7) is 5.73. The largest absolute Gasteiger partial charge is 0.294 e. The molecule has 1 N–H and O–H groups in total. The van der Waals surface area contributed by atoms with Gasteiger partial charge >= 0.3 is 0 Å².